The molecule has 1 saturated heterocycles. The van der Waals surface area contributed by atoms with Crippen LogP contribution < -0.4 is 10.5 Å². The van der Waals surface area contributed by atoms with Crippen molar-refractivity contribution >= 4 is 12.0 Å². The molecule has 8 nitrogen and oxygen atoms in total. The first-order chi connectivity index (χ1) is 12.5. The molecule has 0 radical (unpaired) electrons. The van der Waals surface area contributed by atoms with E-state index < -0.39 is 12.0 Å². The first-order valence-electron chi connectivity index (χ1n) is 8.36. The fourth-order valence-corrected chi connectivity index (χ4v) is 2.84. The largest absolute Gasteiger partial charge is 0.476 e. The third kappa shape index (κ3) is 4.27. The average Bonchev–Trinajstić information content (AvgIpc) is 2.67. The number of hydrogen-bond donors (Lipinski definition) is 2. The molecule has 0 aliphatic carbocycles. The van der Waals surface area contributed by atoms with Gasteiger partial charge in [-0.3, -0.25) is 4.79 Å². The van der Waals surface area contributed by atoms with Crippen LogP contribution in [0.1, 0.15) is 23.2 Å². The van der Waals surface area contributed by atoms with E-state index in [9.17, 15) is 9.59 Å². The Morgan fingerprint density at radius 3 is 2.38 bits per heavy atom. The lowest BCUT2D eigenvalue weighted by atomic mass is 9.98. The van der Waals surface area contributed by atoms with Gasteiger partial charge in [-0.05, 0) is 30.9 Å². The lowest BCUT2D eigenvalue weighted by Crippen LogP contribution is -2.38. The number of ether oxygens (including phenoxy) is 1. The second-order valence-corrected chi connectivity index (χ2v) is 6.21. The maximum Gasteiger partial charge on any atom is 0.407 e. The number of piperidine rings is 1. The molecular formula is C18H20N4O4. The Morgan fingerprint density at radius 1 is 1.15 bits per heavy atom. The number of nitrogens with two attached hydrogens (primary N) is 1. The maximum absolute atomic E-state index is 11.1. The molecular weight excluding hydrogens is 336 g/mol. The second kappa shape index (κ2) is 7.81. The van der Waals surface area contributed by atoms with Crippen LogP contribution in [0.2, 0.25) is 0 Å². The SMILES string of the molecule is NC(=O)c1ccc(-c2cnc(OCC3CCN(C(=O)O)CC3)cn2)cc1. The Kier molecular flexibility index (Phi) is 5.31. The second-order valence-electron chi connectivity index (χ2n) is 6.21. The summed E-state index contributed by atoms with van der Waals surface area (Å²) in [6, 6.07) is 6.82. The van der Waals surface area contributed by atoms with Crippen LogP contribution in [0.4, 0.5) is 4.79 Å². The predicted octanol–water partition coefficient (Wildman–Crippen LogP) is 2.01. The van der Waals surface area contributed by atoms with Gasteiger partial charge in [0.2, 0.25) is 11.8 Å². The number of carbonyl (C=O) groups is 2. The van der Waals surface area contributed by atoms with Crippen molar-refractivity contribution in [3.8, 4) is 17.1 Å². The monoisotopic (exact) mass is 356 g/mol. The molecule has 1 fully saturated rings. The van der Waals surface area contributed by atoms with Crippen molar-refractivity contribution in [1.82, 2.24) is 14.9 Å². The Bertz CT molecular complexity index is 769. The number of benzene rings is 1. The summed E-state index contributed by atoms with van der Waals surface area (Å²) in [5.41, 5.74) is 7.16. The van der Waals surface area contributed by atoms with E-state index in [0.29, 0.717) is 42.8 Å². The Balaban J connectivity index is 1.53. The molecule has 1 aromatic heterocycles. The van der Waals surface area contributed by atoms with E-state index in [1.807, 2.05) is 0 Å². The fraction of sp³-hybridized carbons (Fsp3) is 0.333. The minimum absolute atomic E-state index is 0.313. The molecule has 2 heterocycles. The zero-order valence-corrected chi connectivity index (χ0v) is 14.2. The molecule has 3 N–H and O–H groups in total. The molecule has 0 saturated carbocycles. The van der Waals surface area contributed by atoms with Gasteiger partial charge in [0.25, 0.3) is 0 Å². The maximum atomic E-state index is 11.1. The van der Waals surface area contributed by atoms with Crippen LogP contribution in [0.3, 0.4) is 0 Å². The topological polar surface area (TPSA) is 119 Å². The fourth-order valence-electron chi connectivity index (χ4n) is 2.84. The molecule has 0 unspecified atom stereocenters. The zero-order valence-electron chi connectivity index (χ0n) is 14.2. The van der Waals surface area contributed by atoms with Gasteiger partial charge in [0.15, 0.2) is 0 Å². The van der Waals surface area contributed by atoms with Gasteiger partial charge < -0.3 is 20.5 Å². The van der Waals surface area contributed by atoms with Crippen molar-refractivity contribution in [1.29, 1.82) is 0 Å². The van der Waals surface area contributed by atoms with Gasteiger partial charge in [-0.1, -0.05) is 12.1 Å². The summed E-state index contributed by atoms with van der Waals surface area (Å²) in [6.07, 6.45) is 3.87. The van der Waals surface area contributed by atoms with E-state index in [2.05, 4.69) is 9.97 Å². The standard InChI is InChI=1S/C18H20N4O4/c19-17(23)14-3-1-13(2-4-14)15-9-21-16(10-20-15)26-11-12-5-7-22(8-6-12)18(24)25/h1-4,9-10,12H,5-8,11H2,(H2,19,23)(H,24,25). The van der Waals surface area contributed by atoms with Crippen LogP contribution in [0.15, 0.2) is 36.7 Å². The Morgan fingerprint density at radius 2 is 1.85 bits per heavy atom. The van der Waals surface area contributed by atoms with Crippen molar-refractivity contribution in [3.63, 3.8) is 0 Å². The number of amides is 2. The van der Waals surface area contributed by atoms with E-state index in [1.165, 1.54) is 4.90 Å². The highest BCUT2D eigenvalue weighted by Crippen LogP contribution is 2.20. The molecule has 0 atom stereocenters. The molecule has 26 heavy (non-hydrogen) atoms. The minimum atomic E-state index is -0.866. The van der Waals surface area contributed by atoms with Gasteiger partial charge in [0.1, 0.15) is 0 Å². The summed E-state index contributed by atoms with van der Waals surface area (Å²) in [6.45, 7) is 1.57. The molecule has 1 aliphatic heterocycles. The number of hydrogen-bond acceptors (Lipinski definition) is 5. The summed E-state index contributed by atoms with van der Waals surface area (Å²) in [5.74, 6) is 0.275. The number of primary amides is 1. The van der Waals surface area contributed by atoms with Gasteiger partial charge in [-0.25, -0.2) is 14.8 Å². The van der Waals surface area contributed by atoms with Crippen molar-refractivity contribution in [2.45, 2.75) is 12.8 Å². The number of likely N-dealkylation sites (tertiary alicyclic amines) is 1. The normalized spacial score (nSPS) is 14.8. The number of carbonyl (C=O) groups excluding carboxylic acids is 1. The van der Waals surface area contributed by atoms with Crippen LogP contribution >= 0.6 is 0 Å². The molecule has 8 heteroatoms. The van der Waals surface area contributed by atoms with Crippen molar-refractivity contribution in [2.24, 2.45) is 11.7 Å². The van der Waals surface area contributed by atoms with Crippen LogP contribution in [0, 0.1) is 5.92 Å². The summed E-state index contributed by atoms with van der Waals surface area (Å²) in [7, 11) is 0. The van der Waals surface area contributed by atoms with Gasteiger partial charge in [-0.15, -0.1) is 0 Å². The molecule has 0 spiro atoms. The third-order valence-corrected chi connectivity index (χ3v) is 4.45. The minimum Gasteiger partial charge on any atom is -0.476 e. The lowest BCUT2D eigenvalue weighted by molar-refractivity contribution is 0.1000. The molecule has 1 aromatic carbocycles. The van der Waals surface area contributed by atoms with E-state index in [1.54, 1.807) is 36.7 Å². The number of carboxylic acid groups (broad SMARTS) is 1. The van der Waals surface area contributed by atoms with E-state index >= 15 is 0 Å². The number of nitrogens with zero attached hydrogens (tertiary/aromatic N) is 3. The predicted molar refractivity (Wildman–Crippen MR) is 93.8 cm³/mol. The van der Waals surface area contributed by atoms with Crippen molar-refractivity contribution in [2.75, 3.05) is 19.7 Å². The first-order valence-corrected chi connectivity index (χ1v) is 8.36. The van der Waals surface area contributed by atoms with Crippen molar-refractivity contribution in [3.05, 3.63) is 42.2 Å². The molecule has 136 valence electrons. The average molecular weight is 356 g/mol. The number of aromatic nitrogens is 2. The van der Waals surface area contributed by atoms with E-state index in [-0.39, 0.29) is 0 Å². The lowest BCUT2D eigenvalue weighted by Gasteiger charge is -2.29. The van der Waals surface area contributed by atoms with E-state index in [4.69, 9.17) is 15.6 Å². The highest BCUT2D eigenvalue weighted by Gasteiger charge is 2.22. The summed E-state index contributed by atoms with van der Waals surface area (Å²) < 4.78 is 5.68. The Labute approximate surface area is 150 Å². The third-order valence-electron chi connectivity index (χ3n) is 4.45. The highest BCUT2D eigenvalue weighted by atomic mass is 16.5. The quantitative estimate of drug-likeness (QED) is 0.846. The zero-order chi connectivity index (χ0) is 18.5. The molecule has 1 aliphatic rings. The van der Waals surface area contributed by atoms with Gasteiger partial charge in [0, 0.05) is 24.2 Å². The van der Waals surface area contributed by atoms with Crippen LogP contribution in [-0.4, -0.2) is 51.7 Å². The molecule has 2 amide bonds. The van der Waals surface area contributed by atoms with Gasteiger partial charge in [0.05, 0.1) is 24.7 Å². The molecule has 0 bridgehead atoms. The van der Waals surface area contributed by atoms with Crippen molar-refractivity contribution < 1.29 is 19.4 Å². The van der Waals surface area contributed by atoms with Crippen LogP contribution in [-0.2, 0) is 0 Å². The van der Waals surface area contributed by atoms with Gasteiger partial charge >= 0.3 is 6.09 Å². The highest BCUT2D eigenvalue weighted by molar-refractivity contribution is 5.93. The van der Waals surface area contributed by atoms with E-state index in [0.717, 1.165) is 18.4 Å². The number of rotatable bonds is 5. The summed E-state index contributed by atoms with van der Waals surface area (Å²) in [5, 5.41) is 8.95. The first kappa shape index (κ1) is 17.7. The van der Waals surface area contributed by atoms with Gasteiger partial charge in [-0.2, -0.15) is 0 Å². The van der Waals surface area contributed by atoms with Crippen LogP contribution in [0.25, 0.3) is 11.3 Å². The molecule has 3 rings (SSSR count). The van der Waals surface area contributed by atoms with Crippen LogP contribution in [0.5, 0.6) is 5.88 Å². The molecule has 2 aromatic rings. The summed E-state index contributed by atoms with van der Waals surface area (Å²) in [4.78, 5) is 32.0. The Hall–Kier alpha value is -3.16. The summed E-state index contributed by atoms with van der Waals surface area (Å²) >= 11 is 0. The smallest absolute Gasteiger partial charge is 0.407 e.